The Kier molecular flexibility index (Phi) is 5.52. The first-order chi connectivity index (χ1) is 14.4. The lowest BCUT2D eigenvalue weighted by Gasteiger charge is -2.35. The van der Waals surface area contributed by atoms with Gasteiger partial charge in [0, 0.05) is 12.0 Å². The molecule has 0 amide bonds. The lowest BCUT2D eigenvalue weighted by molar-refractivity contribution is 0.553. The summed E-state index contributed by atoms with van der Waals surface area (Å²) in [5, 5.41) is 24.0. The van der Waals surface area contributed by atoms with Crippen LogP contribution in [0.15, 0.2) is 53.6 Å². The number of nitrogens with two attached hydrogens (primary N) is 1. The van der Waals surface area contributed by atoms with Crippen LogP contribution in [0.25, 0.3) is 0 Å². The van der Waals surface area contributed by atoms with Gasteiger partial charge >= 0.3 is 0 Å². The number of thioether (sulfide) groups is 1. The Bertz CT molecular complexity index is 1120. The predicted molar refractivity (Wildman–Crippen MR) is 117 cm³/mol. The lowest BCUT2D eigenvalue weighted by Crippen LogP contribution is -2.38. The molecule has 0 spiro atoms. The maximum Gasteiger partial charge on any atom is 0.230 e. The van der Waals surface area contributed by atoms with Crippen molar-refractivity contribution in [2.24, 2.45) is 10.8 Å². The smallest absolute Gasteiger partial charge is 0.230 e. The Balaban J connectivity index is 1.89. The average Bonchev–Trinajstić information content (AvgIpc) is 3.33. The Labute approximate surface area is 180 Å². The Morgan fingerprint density at radius 1 is 1.17 bits per heavy atom. The standard InChI is InChI=1S/C20H18F2N6S2/c1-12-25-26-19(29-12)28-20(10-9-17(23)24,13-5-3-2-4-6-13)30-18(27-28)15-11-14(21)7-8-16(15)22/h2-8,11H,9-10H2,1H3,(H3,23,24). The summed E-state index contributed by atoms with van der Waals surface area (Å²) in [5.41, 5.74) is 6.63. The quantitative estimate of drug-likeness (QED) is 0.428. The molecule has 30 heavy (non-hydrogen) atoms. The van der Waals surface area contributed by atoms with Gasteiger partial charge in [0.1, 0.15) is 26.6 Å². The van der Waals surface area contributed by atoms with E-state index in [9.17, 15) is 8.78 Å². The van der Waals surface area contributed by atoms with Gasteiger partial charge in [-0.3, -0.25) is 5.41 Å². The van der Waals surface area contributed by atoms with Crippen molar-refractivity contribution in [3.8, 4) is 0 Å². The highest BCUT2D eigenvalue weighted by molar-refractivity contribution is 8.15. The van der Waals surface area contributed by atoms with Crippen molar-refractivity contribution in [2.45, 2.75) is 24.6 Å². The van der Waals surface area contributed by atoms with Crippen LogP contribution in [0, 0.1) is 24.0 Å². The lowest BCUT2D eigenvalue weighted by atomic mass is 10.0. The van der Waals surface area contributed by atoms with Crippen molar-refractivity contribution < 1.29 is 8.78 Å². The molecule has 2 heterocycles. The van der Waals surface area contributed by atoms with E-state index < -0.39 is 16.5 Å². The third-order valence-corrected chi connectivity index (χ3v) is 6.87. The van der Waals surface area contributed by atoms with E-state index in [0.717, 1.165) is 28.8 Å². The monoisotopic (exact) mass is 444 g/mol. The average molecular weight is 445 g/mol. The summed E-state index contributed by atoms with van der Waals surface area (Å²) in [6.45, 7) is 1.83. The maximum absolute atomic E-state index is 14.6. The first-order valence-corrected chi connectivity index (χ1v) is 10.7. The number of rotatable bonds is 6. The molecule has 2 aromatic carbocycles. The zero-order chi connectivity index (χ0) is 21.3. The van der Waals surface area contributed by atoms with Gasteiger partial charge in [0.05, 0.1) is 5.84 Å². The van der Waals surface area contributed by atoms with Gasteiger partial charge in [-0.1, -0.05) is 53.4 Å². The molecule has 154 valence electrons. The van der Waals surface area contributed by atoms with E-state index in [4.69, 9.17) is 11.1 Å². The molecule has 1 aliphatic rings. The number of anilines is 1. The molecular formula is C20H18F2N6S2. The van der Waals surface area contributed by atoms with Crippen LogP contribution < -0.4 is 10.7 Å². The maximum atomic E-state index is 14.6. The summed E-state index contributed by atoms with van der Waals surface area (Å²) in [6.07, 6.45) is 0.712. The predicted octanol–water partition coefficient (Wildman–Crippen LogP) is 4.61. The molecule has 0 fully saturated rings. The largest absolute Gasteiger partial charge is 0.388 e. The summed E-state index contributed by atoms with van der Waals surface area (Å²) >= 11 is 2.65. The van der Waals surface area contributed by atoms with Crippen LogP contribution in [-0.4, -0.2) is 21.1 Å². The van der Waals surface area contributed by atoms with Crippen LogP contribution in [0.2, 0.25) is 0 Å². The third-order valence-electron chi connectivity index (χ3n) is 4.61. The number of aryl methyl sites for hydroxylation is 1. The molecule has 0 saturated heterocycles. The Morgan fingerprint density at radius 2 is 1.93 bits per heavy atom. The zero-order valence-corrected chi connectivity index (χ0v) is 17.6. The number of aromatic nitrogens is 2. The molecule has 4 rings (SSSR count). The zero-order valence-electron chi connectivity index (χ0n) is 16.0. The van der Waals surface area contributed by atoms with Gasteiger partial charge in [-0.2, -0.15) is 5.10 Å². The van der Waals surface area contributed by atoms with E-state index in [1.165, 1.54) is 23.1 Å². The second kappa shape index (κ2) is 8.11. The molecule has 3 N–H and O–H groups in total. The van der Waals surface area contributed by atoms with Crippen molar-refractivity contribution in [2.75, 3.05) is 5.01 Å². The Hall–Kier alpha value is -2.85. The van der Waals surface area contributed by atoms with Crippen LogP contribution in [0.3, 0.4) is 0 Å². The van der Waals surface area contributed by atoms with Gasteiger partial charge in [0.15, 0.2) is 0 Å². The van der Waals surface area contributed by atoms with E-state index in [1.54, 1.807) is 5.01 Å². The van der Waals surface area contributed by atoms with Crippen LogP contribution in [0.4, 0.5) is 13.9 Å². The van der Waals surface area contributed by atoms with Crippen LogP contribution in [0.1, 0.15) is 29.0 Å². The molecule has 6 nitrogen and oxygen atoms in total. The first-order valence-electron chi connectivity index (χ1n) is 9.11. The second-order valence-electron chi connectivity index (χ2n) is 6.72. The summed E-state index contributed by atoms with van der Waals surface area (Å²) in [6, 6.07) is 12.9. The minimum atomic E-state index is -0.840. The van der Waals surface area contributed by atoms with Crippen molar-refractivity contribution >= 4 is 39.1 Å². The molecule has 10 heteroatoms. The van der Waals surface area contributed by atoms with E-state index in [1.807, 2.05) is 37.3 Å². The number of hydrazone groups is 1. The molecule has 1 atom stereocenters. The molecule has 3 aromatic rings. The van der Waals surface area contributed by atoms with Gasteiger partial charge in [-0.05, 0) is 37.1 Å². The second-order valence-corrected chi connectivity index (χ2v) is 9.15. The summed E-state index contributed by atoms with van der Waals surface area (Å²) < 4.78 is 28.4. The highest BCUT2D eigenvalue weighted by Gasteiger charge is 2.48. The summed E-state index contributed by atoms with van der Waals surface area (Å²) in [5.74, 6) is -1.08. The van der Waals surface area contributed by atoms with Crippen molar-refractivity contribution in [3.05, 3.63) is 76.3 Å². The highest BCUT2D eigenvalue weighted by atomic mass is 32.2. The molecule has 1 aliphatic heterocycles. The minimum absolute atomic E-state index is 0.0321. The summed E-state index contributed by atoms with van der Waals surface area (Å²) in [7, 11) is 0. The van der Waals surface area contributed by atoms with Gasteiger partial charge in [0.25, 0.3) is 0 Å². The fourth-order valence-electron chi connectivity index (χ4n) is 3.22. The van der Waals surface area contributed by atoms with Crippen LogP contribution >= 0.6 is 23.1 Å². The molecule has 1 aromatic heterocycles. The molecule has 0 saturated carbocycles. The van der Waals surface area contributed by atoms with Gasteiger partial charge in [-0.15, -0.1) is 10.2 Å². The van der Waals surface area contributed by atoms with Crippen LogP contribution in [0.5, 0.6) is 0 Å². The van der Waals surface area contributed by atoms with Crippen molar-refractivity contribution in [1.82, 2.24) is 10.2 Å². The van der Waals surface area contributed by atoms with E-state index in [2.05, 4.69) is 15.3 Å². The fourth-order valence-corrected chi connectivity index (χ4v) is 5.37. The van der Waals surface area contributed by atoms with Crippen molar-refractivity contribution in [3.63, 3.8) is 0 Å². The SMILES string of the molecule is Cc1nnc(N2N=C(c3cc(F)ccc3F)SC2(CCC(=N)N)c2ccccc2)s1. The van der Waals surface area contributed by atoms with E-state index in [-0.39, 0.29) is 11.4 Å². The molecule has 1 unspecified atom stereocenters. The van der Waals surface area contributed by atoms with Gasteiger partial charge in [0.2, 0.25) is 5.13 Å². The molecule has 0 radical (unpaired) electrons. The van der Waals surface area contributed by atoms with Gasteiger partial charge < -0.3 is 5.73 Å². The highest BCUT2D eigenvalue weighted by Crippen LogP contribution is 2.52. The normalized spacial score (nSPS) is 18.5. The number of hydrogen-bond acceptors (Lipinski definition) is 7. The first kappa shape index (κ1) is 20.4. The number of amidine groups is 1. The number of hydrogen-bond donors (Lipinski definition) is 2. The molecule has 0 aliphatic carbocycles. The summed E-state index contributed by atoms with van der Waals surface area (Å²) in [4.78, 5) is -0.840. The number of nitrogens with zero attached hydrogens (tertiary/aromatic N) is 4. The van der Waals surface area contributed by atoms with Gasteiger partial charge in [-0.25, -0.2) is 13.8 Å². The van der Waals surface area contributed by atoms with E-state index >= 15 is 0 Å². The number of halogens is 2. The molecule has 0 bridgehead atoms. The number of nitrogens with one attached hydrogen (secondary N) is 1. The fraction of sp³-hybridized carbons (Fsp3) is 0.200. The topological polar surface area (TPSA) is 91.2 Å². The number of benzene rings is 2. The van der Waals surface area contributed by atoms with E-state index in [0.29, 0.717) is 23.0 Å². The minimum Gasteiger partial charge on any atom is -0.388 e. The molecular weight excluding hydrogens is 426 g/mol. The third kappa shape index (κ3) is 3.80. The van der Waals surface area contributed by atoms with Crippen molar-refractivity contribution in [1.29, 1.82) is 5.41 Å². The Morgan fingerprint density at radius 3 is 2.60 bits per heavy atom. The van der Waals surface area contributed by atoms with Crippen LogP contribution in [-0.2, 0) is 4.87 Å².